The topological polar surface area (TPSA) is 96.0 Å². The summed E-state index contributed by atoms with van der Waals surface area (Å²) in [6.07, 6.45) is 2.91. The molecule has 2 fully saturated rings. The average Bonchev–Trinajstić information content (AvgIpc) is 3.22. The van der Waals surface area contributed by atoms with E-state index in [4.69, 9.17) is 4.74 Å². The van der Waals surface area contributed by atoms with E-state index in [-0.39, 0.29) is 11.8 Å². The average molecular weight is 373 g/mol. The SMILES string of the molecule is CCN(C(=O)COC(=O)CN1C(=O)NC2(CCCC2)C1=O)c1ccccc1. The van der Waals surface area contributed by atoms with Crippen LogP contribution in [-0.4, -0.2) is 54.0 Å². The van der Waals surface area contributed by atoms with Crippen LogP contribution in [-0.2, 0) is 19.1 Å². The summed E-state index contributed by atoms with van der Waals surface area (Å²) in [5.41, 5.74) is -0.155. The molecule has 1 aromatic rings. The van der Waals surface area contributed by atoms with E-state index in [9.17, 15) is 19.2 Å². The van der Waals surface area contributed by atoms with Crippen molar-refractivity contribution < 1.29 is 23.9 Å². The van der Waals surface area contributed by atoms with E-state index < -0.39 is 30.7 Å². The lowest BCUT2D eigenvalue weighted by Crippen LogP contribution is -2.44. The number of esters is 1. The summed E-state index contributed by atoms with van der Waals surface area (Å²) in [6, 6.07) is 8.47. The summed E-state index contributed by atoms with van der Waals surface area (Å²) in [6.45, 7) is 1.31. The van der Waals surface area contributed by atoms with Gasteiger partial charge in [0, 0.05) is 12.2 Å². The van der Waals surface area contributed by atoms with Gasteiger partial charge in [0.15, 0.2) is 6.61 Å². The van der Waals surface area contributed by atoms with Crippen molar-refractivity contribution in [3.8, 4) is 0 Å². The lowest BCUT2D eigenvalue weighted by Gasteiger charge is -2.21. The molecular formula is C19H23N3O5. The number of anilines is 1. The highest BCUT2D eigenvalue weighted by atomic mass is 16.5. The van der Waals surface area contributed by atoms with Gasteiger partial charge in [0.2, 0.25) is 0 Å². The number of carbonyl (C=O) groups excluding carboxylic acids is 4. The largest absolute Gasteiger partial charge is 0.454 e. The Bertz CT molecular complexity index is 743. The number of ether oxygens (including phenoxy) is 1. The van der Waals surface area contributed by atoms with Crippen LogP contribution in [0.4, 0.5) is 10.5 Å². The van der Waals surface area contributed by atoms with E-state index in [1.165, 1.54) is 4.90 Å². The number of carbonyl (C=O) groups is 4. The molecule has 1 N–H and O–H groups in total. The lowest BCUT2D eigenvalue weighted by molar-refractivity contribution is -0.150. The van der Waals surface area contributed by atoms with Crippen molar-refractivity contribution in [3.63, 3.8) is 0 Å². The number of likely N-dealkylation sites (N-methyl/N-ethyl adjacent to an activating group) is 1. The van der Waals surface area contributed by atoms with Crippen LogP contribution in [0.1, 0.15) is 32.6 Å². The fourth-order valence-electron chi connectivity index (χ4n) is 3.64. The molecule has 0 bridgehead atoms. The third kappa shape index (κ3) is 3.79. The molecule has 1 saturated carbocycles. The van der Waals surface area contributed by atoms with Crippen LogP contribution in [0.5, 0.6) is 0 Å². The monoisotopic (exact) mass is 373 g/mol. The van der Waals surface area contributed by atoms with Gasteiger partial charge in [0.1, 0.15) is 12.1 Å². The van der Waals surface area contributed by atoms with Crippen molar-refractivity contribution in [2.45, 2.75) is 38.1 Å². The minimum atomic E-state index is -0.862. The number of urea groups is 1. The first-order valence-corrected chi connectivity index (χ1v) is 9.12. The van der Waals surface area contributed by atoms with Crippen LogP contribution in [0.25, 0.3) is 0 Å². The van der Waals surface area contributed by atoms with Crippen molar-refractivity contribution in [3.05, 3.63) is 30.3 Å². The van der Waals surface area contributed by atoms with Crippen LogP contribution >= 0.6 is 0 Å². The molecule has 2 aliphatic rings. The number of rotatable bonds is 6. The van der Waals surface area contributed by atoms with Crippen molar-refractivity contribution in [1.82, 2.24) is 10.2 Å². The summed E-state index contributed by atoms with van der Waals surface area (Å²) in [4.78, 5) is 51.4. The number of nitrogens with one attached hydrogen (secondary N) is 1. The third-order valence-corrected chi connectivity index (χ3v) is 5.03. The molecule has 1 aliphatic heterocycles. The van der Waals surface area contributed by atoms with Crippen molar-refractivity contribution >= 4 is 29.5 Å². The van der Waals surface area contributed by atoms with Gasteiger partial charge in [-0.15, -0.1) is 0 Å². The predicted molar refractivity (Wildman–Crippen MR) is 96.9 cm³/mol. The predicted octanol–water partition coefficient (Wildman–Crippen LogP) is 1.45. The first-order valence-electron chi connectivity index (χ1n) is 9.12. The van der Waals surface area contributed by atoms with Crippen LogP contribution in [0, 0.1) is 0 Å². The number of imide groups is 1. The quantitative estimate of drug-likeness (QED) is 0.601. The molecule has 0 radical (unpaired) electrons. The van der Waals surface area contributed by atoms with E-state index in [0.717, 1.165) is 17.7 Å². The highest BCUT2D eigenvalue weighted by Gasteiger charge is 2.52. The highest BCUT2D eigenvalue weighted by molar-refractivity contribution is 6.09. The molecule has 1 heterocycles. The van der Waals surface area contributed by atoms with E-state index in [1.54, 1.807) is 12.1 Å². The molecule has 3 rings (SSSR count). The Balaban J connectivity index is 1.54. The Morgan fingerprint density at radius 3 is 2.48 bits per heavy atom. The zero-order valence-electron chi connectivity index (χ0n) is 15.3. The number of para-hydroxylation sites is 1. The minimum absolute atomic E-state index is 0.374. The molecule has 1 aromatic carbocycles. The number of benzene rings is 1. The minimum Gasteiger partial charge on any atom is -0.454 e. The second-order valence-electron chi connectivity index (χ2n) is 6.74. The van der Waals surface area contributed by atoms with E-state index in [2.05, 4.69) is 5.32 Å². The van der Waals surface area contributed by atoms with Crippen LogP contribution in [0.3, 0.4) is 0 Å². The smallest absolute Gasteiger partial charge is 0.326 e. The molecule has 0 atom stereocenters. The molecule has 8 heteroatoms. The standard InChI is InChI=1S/C19H23N3O5/c1-2-21(14-8-4-3-5-9-14)15(23)13-27-16(24)12-22-17(25)19(20-18(22)26)10-6-7-11-19/h3-5,8-9H,2,6-7,10-13H2,1H3,(H,20,26). The molecule has 8 nitrogen and oxygen atoms in total. The number of amides is 4. The second kappa shape index (κ2) is 7.77. The molecule has 4 amide bonds. The van der Waals surface area contributed by atoms with E-state index >= 15 is 0 Å². The third-order valence-electron chi connectivity index (χ3n) is 5.03. The van der Waals surface area contributed by atoms with E-state index in [1.807, 2.05) is 25.1 Å². The Labute approximate surface area is 157 Å². The van der Waals surface area contributed by atoms with Crippen LogP contribution < -0.4 is 10.2 Å². The molecule has 144 valence electrons. The number of hydrogen-bond donors (Lipinski definition) is 1. The van der Waals surface area contributed by atoms with Gasteiger partial charge in [0.25, 0.3) is 11.8 Å². The molecule has 27 heavy (non-hydrogen) atoms. The van der Waals surface area contributed by atoms with Gasteiger partial charge >= 0.3 is 12.0 Å². The van der Waals surface area contributed by atoms with Crippen molar-refractivity contribution in [2.24, 2.45) is 0 Å². The zero-order valence-corrected chi connectivity index (χ0v) is 15.3. The summed E-state index contributed by atoms with van der Waals surface area (Å²) < 4.78 is 5.01. The highest BCUT2D eigenvalue weighted by Crippen LogP contribution is 2.34. The molecule has 0 aromatic heterocycles. The Kier molecular flexibility index (Phi) is 5.43. The molecule has 1 saturated heterocycles. The lowest BCUT2D eigenvalue weighted by atomic mass is 9.98. The van der Waals surface area contributed by atoms with Gasteiger partial charge in [-0.2, -0.15) is 0 Å². The Morgan fingerprint density at radius 2 is 1.85 bits per heavy atom. The number of nitrogens with zero attached hydrogens (tertiary/aromatic N) is 2. The molecular weight excluding hydrogens is 350 g/mol. The van der Waals surface area contributed by atoms with Gasteiger partial charge in [0.05, 0.1) is 0 Å². The number of hydrogen-bond acceptors (Lipinski definition) is 5. The maximum Gasteiger partial charge on any atom is 0.326 e. The van der Waals surface area contributed by atoms with Crippen molar-refractivity contribution in [2.75, 3.05) is 24.6 Å². The normalized spacial score (nSPS) is 17.9. The molecule has 0 unspecified atom stereocenters. The zero-order chi connectivity index (χ0) is 19.4. The summed E-state index contributed by atoms with van der Waals surface area (Å²) in [5, 5.41) is 2.70. The fourth-order valence-corrected chi connectivity index (χ4v) is 3.64. The van der Waals surface area contributed by atoms with Gasteiger partial charge < -0.3 is 15.0 Å². The maximum absolute atomic E-state index is 12.5. The van der Waals surface area contributed by atoms with E-state index in [0.29, 0.717) is 25.1 Å². The summed E-state index contributed by atoms with van der Waals surface area (Å²) in [7, 11) is 0. The summed E-state index contributed by atoms with van der Waals surface area (Å²) in [5.74, 6) is -1.54. The van der Waals surface area contributed by atoms with Crippen LogP contribution in [0.2, 0.25) is 0 Å². The van der Waals surface area contributed by atoms with Gasteiger partial charge in [-0.05, 0) is 31.9 Å². The Hall–Kier alpha value is -2.90. The summed E-state index contributed by atoms with van der Waals surface area (Å²) >= 11 is 0. The van der Waals surface area contributed by atoms with Crippen LogP contribution in [0.15, 0.2) is 30.3 Å². The molecule has 1 aliphatic carbocycles. The maximum atomic E-state index is 12.5. The second-order valence-corrected chi connectivity index (χ2v) is 6.74. The molecule has 1 spiro atoms. The van der Waals surface area contributed by atoms with Gasteiger partial charge in [-0.1, -0.05) is 31.0 Å². The first-order chi connectivity index (χ1) is 13.0. The first kappa shape index (κ1) is 18.9. The van der Waals surface area contributed by atoms with Gasteiger partial charge in [-0.3, -0.25) is 19.3 Å². The Morgan fingerprint density at radius 1 is 1.19 bits per heavy atom. The van der Waals surface area contributed by atoms with Gasteiger partial charge in [-0.25, -0.2) is 4.79 Å². The fraction of sp³-hybridized carbons (Fsp3) is 0.474. The van der Waals surface area contributed by atoms with Crippen molar-refractivity contribution in [1.29, 1.82) is 0 Å².